The van der Waals surface area contributed by atoms with Gasteiger partial charge in [0.2, 0.25) is 0 Å². The molecule has 0 heterocycles. The highest BCUT2D eigenvalue weighted by Crippen LogP contribution is 2.21. The van der Waals surface area contributed by atoms with Crippen molar-refractivity contribution >= 4 is 21.8 Å². The third-order valence-corrected chi connectivity index (χ3v) is 3.24. The first kappa shape index (κ1) is 13.9. The lowest BCUT2D eigenvalue weighted by Crippen LogP contribution is -2.28. The summed E-state index contributed by atoms with van der Waals surface area (Å²) in [6.45, 7) is 4.26. The van der Waals surface area contributed by atoms with E-state index in [1.54, 1.807) is 18.0 Å². The minimum Gasteiger partial charge on any atom is -0.342 e. The van der Waals surface area contributed by atoms with Gasteiger partial charge in [-0.15, -0.1) is 6.58 Å². The fourth-order valence-corrected chi connectivity index (χ4v) is 1.88. The molecule has 92 valence electrons. The molecule has 0 saturated heterocycles. The van der Waals surface area contributed by atoms with Gasteiger partial charge >= 0.3 is 0 Å². The number of benzene rings is 1. The summed E-state index contributed by atoms with van der Waals surface area (Å²) < 4.78 is 13.5. The maximum atomic E-state index is 13.3. The molecule has 0 aliphatic rings. The van der Waals surface area contributed by atoms with Crippen molar-refractivity contribution in [2.75, 3.05) is 13.6 Å². The highest BCUT2D eigenvalue weighted by atomic mass is 79.9. The first-order valence-corrected chi connectivity index (χ1v) is 6.17. The van der Waals surface area contributed by atoms with E-state index in [2.05, 4.69) is 22.5 Å². The SMILES string of the molecule is C=CCCCN(C)C(=O)c1cccc(F)c1Br. The van der Waals surface area contributed by atoms with Gasteiger partial charge in [-0.25, -0.2) is 4.39 Å². The average molecular weight is 300 g/mol. The number of nitrogens with zero attached hydrogens (tertiary/aromatic N) is 1. The van der Waals surface area contributed by atoms with Gasteiger partial charge in [0.25, 0.3) is 5.91 Å². The highest BCUT2D eigenvalue weighted by Gasteiger charge is 2.16. The minimum atomic E-state index is -0.421. The number of carbonyl (C=O) groups excluding carboxylic acids is 1. The van der Waals surface area contributed by atoms with Crippen LogP contribution in [0.4, 0.5) is 4.39 Å². The van der Waals surface area contributed by atoms with Gasteiger partial charge in [-0.05, 0) is 40.9 Å². The molecule has 0 fully saturated rings. The normalized spacial score (nSPS) is 10.1. The molecular formula is C13H15BrFNO. The Morgan fingerprint density at radius 1 is 1.59 bits per heavy atom. The van der Waals surface area contributed by atoms with Crippen molar-refractivity contribution in [1.29, 1.82) is 0 Å². The molecule has 1 rings (SSSR count). The third kappa shape index (κ3) is 3.66. The van der Waals surface area contributed by atoms with E-state index in [0.717, 1.165) is 12.8 Å². The van der Waals surface area contributed by atoms with Crippen molar-refractivity contribution in [2.45, 2.75) is 12.8 Å². The maximum Gasteiger partial charge on any atom is 0.254 e. The summed E-state index contributed by atoms with van der Waals surface area (Å²) in [4.78, 5) is 13.6. The summed E-state index contributed by atoms with van der Waals surface area (Å²) in [7, 11) is 1.71. The monoisotopic (exact) mass is 299 g/mol. The lowest BCUT2D eigenvalue weighted by Gasteiger charge is -2.17. The van der Waals surface area contributed by atoms with Gasteiger partial charge in [0, 0.05) is 13.6 Å². The van der Waals surface area contributed by atoms with Crippen LogP contribution < -0.4 is 0 Å². The number of hydrogen-bond acceptors (Lipinski definition) is 1. The number of unbranched alkanes of at least 4 members (excludes halogenated alkanes) is 1. The molecule has 0 radical (unpaired) electrons. The Morgan fingerprint density at radius 3 is 2.94 bits per heavy atom. The standard InChI is InChI=1S/C13H15BrFNO/c1-3-4-5-9-16(2)13(17)10-7-6-8-11(15)12(10)14/h3,6-8H,1,4-5,9H2,2H3. The highest BCUT2D eigenvalue weighted by molar-refractivity contribution is 9.10. The molecule has 0 aromatic heterocycles. The summed E-state index contributed by atoms with van der Waals surface area (Å²) in [5, 5.41) is 0. The van der Waals surface area contributed by atoms with Crippen molar-refractivity contribution < 1.29 is 9.18 Å². The molecule has 17 heavy (non-hydrogen) atoms. The summed E-state index contributed by atoms with van der Waals surface area (Å²) >= 11 is 3.09. The van der Waals surface area contributed by atoms with Crippen LogP contribution in [0.1, 0.15) is 23.2 Å². The van der Waals surface area contributed by atoms with E-state index < -0.39 is 5.82 Å². The smallest absolute Gasteiger partial charge is 0.254 e. The zero-order valence-electron chi connectivity index (χ0n) is 9.75. The summed E-state index contributed by atoms with van der Waals surface area (Å²) in [5.74, 6) is -0.601. The Balaban J connectivity index is 2.75. The lowest BCUT2D eigenvalue weighted by molar-refractivity contribution is 0.0792. The molecule has 0 spiro atoms. The zero-order chi connectivity index (χ0) is 12.8. The predicted octanol–water partition coefficient (Wildman–Crippen LogP) is 3.63. The molecule has 2 nitrogen and oxygen atoms in total. The first-order valence-electron chi connectivity index (χ1n) is 5.38. The molecule has 0 N–H and O–H groups in total. The van der Waals surface area contributed by atoms with Gasteiger partial charge in [0.15, 0.2) is 0 Å². The molecule has 1 aromatic rings. The molecule has 4 heteroatoms. The van der Waals surface area contributed by atoms with Crippen LogP contribution in [0.3, 0.4) is 0 Å². The van der Waals surface area contributed by atoms with Crippen LogP contribution in [0, 0.1) is 5.82 Å². The molecule has 1 amide bonds. The van der Waals surface area contributed by atoms with Gasteiger partial charge in [0.05, 0.1) is 10.0 Å². The number of amides is 1. The molecule has 0 aliphatic carbocycles. The maximum absolute atomic E-state index is 13.3. The van der Waals surface area contributed by atoms with Gasteiger partial charge in [0.1, 0.15) is 5.82 Å². The molecule has 0 saturated carbocycles. The predicted molar refractivity (Wildman–Crippen MR) is 70.5 cm³/mol. The topological polar surface area (TPSA) is 20.3 Å². The van der Waals surface area contributed by atoms with Crippen molar-refractivity contribution in [3.8, 4) is 0 Å². The van der Waals surface area contributed by atoms with Gasteiger partial charge in [-0.3, -0.25) is 4.79 Å². The van der Waals surface area contributed by atoms with Gasteiger partial charge in [-0.2, -0.15) is 0 Å². The number of allylic oxidation sites excluding steroid dienone is 1. The van der Waals surface area contributed by atoms with Crippen LogP contribution in [0.5, 0.6) is 0 Å². The largest absolute Gasteiger partial charge is 0.342 e. The molecule has 0 bridgehead atoms. The quantitative estimate of drug-likeness (QED) is 0.600. The summed E-state index contributed by atoms with van der Waals surface area (Å²) in [6, 6.07) is 4.46. The van der Waals surface area contributed by atoms with Crippen LogP contribution in [0.25, 0.3) is 0 Å². The van der Waals surface area contributed by atoms with E-state index in [4.69, 9.17) is 0 Å². The zero-order valence-corrected chi connectivity index (χ0v) is 11.3. The fourth-order valence-electron chi connectivity index (χ4n) is 1.45. The second kappa shape index (κ2) is 6.55. The van der Waals surface area contributed by atoms with Crippen LogP contribution in [0.2, 0.25) is 0 Å². The molecule has 1 aromatic carbocycles. The fraction of sp³-hybridized carbons (Fsp3) is 0.308. The number of carbonyl (C=O) groups is 1. The minimum absolute atomic E-state index is 0.180. The Bertz CT molecular complexity index is 420. The van der Waals surface area contributed by atoms with Gasteiger partial charge in [-0.1, -0.05) is 12.1 Å². The second-order valence-electron chi connectivity index (χ2n) is 3.76. The van der Waals surface area contributed by atoms with Crippen molar-refractivity contribution in [3.05, 3.63) is 46.7 Å². The van der Waals surface area contributed by atoms with E-state index >= 15 is 0 Å². The molecule has 0 atom stereocenters. The molecular weight excluding hydrogens is 285 g/mol. The van der Waals surface area contributed by atoms with Crippen LogP contribution >= 0.6 is 15.9 Å². The van der Waals surface area contributed by atoms with Crippen molar-refractivity contribution in [2.24, 2.45) is 0 Å². The number of rotatable bonds is 5. The van der Waals surface area contributed by atoms with Crippen molar-refractivity contribution in [3.63, 3.8) is 0 Å². The molecule has 0 aliphatic heterocycles. The second-order valence-corrected chi connectivity index (χ2v) is 4.55. The summed E-state index contributed by atoms with van der Waals surface area (Å²) in [5.41, 5.74) is 0.353. The van der Waals surface area contributed by atoms with E-state index in [1.165, 1.54) is 12.1 Å². The Morgan fingerprint density at radius 2 is 2.29 bits per heavy atom. The first-order chi connectivity index (χ1) is 8.07. The van der Waals surface area contributed by atoms with E-state index in [1.807, 2.05) is 6.08 Å². The van der Waals surface area contributed by atoms with Crippen LogP contribution in [-0.2, 0) is 0 Å². The number of hydrogen-bond donors (Lipinski definition) is 0. The Hall–Kier alpha value is -1.16. The number of halogens is 2. The van der Waals surface area contributed by atoms with Crippen molar-refractivity contribution in [1.82, 2.24) is 4.90 Å². The van der Waals surface area contributed by atoms with E-state index in [0.29, 0.717) is 12.1 Å². The van der Waals surface area contributed by atoms with E-state index in [-0.39, 0.29) is 10.4 Å². The van der Waals surface area contributed by atoms with Crippen LogP contribution in [0.15, 0.2) is 35.3 Å². The average Bonchev–Trinajstić information content (AvgIpc) is 2.32. The Kier molecular flexibility index (Phi) is 5.35. The Labute approximate surface area is 109 Å². The van der Waals surface area contributed by atoms with Crippen LogP contribution in [-0.4, -0.2) is 24.4 Å². The lowest BCUT2D eigenvalue weighted by atomic mass is 10.2. The third-order valence-electron chi connectivity index (χ3n) is 2.43. The molecule has 0 unspecified atom stereocenters. The summed E-state index contributed by atoms with van der Waals surface area (Å²) in [6.07, 6.45) is 3.54. The van der Waals surface area contributed by atoms with E-state index in [9.17, 15) is 9.18 Å². The van der Waals surface area contributed by atoms with Gasteiger partial charge < -0.3 is 4.90 Å².